The van der Waals surface area contributed by atoms with E-state index in [2.05, 4.69) is 9.84 Å². The zero-order valence-corrected chi connectivity index (χ0v) is 17.2. The molecule has 0 radical (unpaired) electrons. The third-order valence-electron chi connectivity index (χ3n) is 4.54. The fourth-order valence-corrected chi connectivity index (χ4v) is 3.18. The van der Waals surface area contributed by atoms with Gasteiger partial charge in [0.1, 0.15) is 12.1 Å². The smallest absolute Gasteiger partial charge is 0.421 e. The van der Waals surface area contributed by atoms with Crippen LogP contribution >= 0.6 is 0 Å². The SMILES string of the molecule is CCOC(=O)c1nn(CC(=O)c2ccc3ccccc3c2)c(C(=O)OCC)c1C(F)(F)F. The summed E-state index contributed by atoms with van der Waals surface area (Å²) in [7, 11) is 0. The molecule has 7 nitrogen and oxygen atoms in total. The summed E-state index contributed by atoms with van der Waals surface area (Å²) in [6.07, 6.45) is -5.12. The van der Waals surface area contributed by atoms with Crippen LogP contribution in [0.3, 0.4) is 0 Å². The maximum atomic E-state index is 13.8. The Kier molecular flexibility index (Phi) is 6.61. The van der Waals surface area contributed by atoms with Crippen LogP contribution in [0.5, 0.6) is 0 Å². The first kappa shape index (κ1) is 23.0. The lowest BCUT2D eigenvalue weighted by Gasteiger charge is -2.11. The van der Waals surface area contributed by atoms with Crippen LogP contribution in [0.25, 0.3) is 10.8 Å². The fraction of sp³-hybridized carbons (Fsp3) is 0.273. The van der Waals surface area contributed by atoms with Crippen molar-refractivity contribution >= 4 is 28.5 Å². The molecule has 0 saturated carbocycles. The van der Waals surface area contributed by atoms with Gasteiger partial charge in [-0.25, -0.2) is 14.3 Å². The van der Waals surface area contributed by atoms with Crippen LogP contribution < -0.4 is 0 Å². The average Bonchev–Trinajstić information content (AvgIpc) is 3.13. The first-order chi connectivity index (χ1) is 15.2. The minimum absolute atomic E-state index is 0.201. The standard InChI is InChI=1S/C22H19F3N2O5/c1-3-31-20(29)18-17(22(23,24)25)19(21(30)32-4-2)27(26-18)12-16(28)15-10-9-13-7-5-6-8-14(13)11-15/h5-11H,3-4,12H2,1-2H3. The van der Waals surface area contributed by atoms with E-state index in [0.717, 1.165) is 10.8 Å². The van der Waals surface area contributed by atoms with E-state index in [1.54, 1.807) is 24.3 Å². The third-order valence-corrected chi connectivity index (χ3v) is 4.54. The second-order valence-corrected chi connectivity index (χ2v) is 6.65. The molecule has 3 rings (SSSR count). The first-order valence-corrected chi connectivity index (χ1v) is 9.71. The molecule has 0 amide bonds. The van der Waals surface area contributed by atoms with E-state index in [1.165, 1.54) is 19.9 Å². The molecule has 1 aromatic heterocycles. The van der Waals surface area contributed by atoms with E-state index in [9.17, 15) is 27.6 Å². The number of benzene rings is 2. The number of hydrogen-bond acceptors (Lipinski definition) is 6. The Balaban J connectivity index is 2.09. The Morgan fingerprint density at radius 1 is 0.938 bits per heavy atom. The van der Waals surface area contributed by atoms with Crippen molar-refractivity contribution in [1.29, 1.82) is 0 Å². The lowest BCUT2D eigenvalue weighted by molar-refractivity contribution is -0.138. The van der Waals surface area contributed by atoms with Crippen molar-refractivity contribution in [1.82, 2.24) is 9.78 Å². The number of aromatic nitrogens is 2. The van der Waals surface area contributed by atoms with E-state index in [0.29, 0.717) is 4.68 Å². The molecule has 32 heavy (non-hydrogen) atoms. The van der Waals surface area contributed by atoms with Gasteiger partial charge in [0.05, 0.1) is 13.2 Å². The van der Waals surface area contributed by atoms with Crippen LogP contribution in [-0.4, -0.2) is 40.7 Å². The van der Waals surface area contributed by atoms with Gasteiger partial charge in [0.15, 0.2) is 17.2 Å². The number of nitrogens with zero attached hydrogens (tertiary/aromatic N) is 2. The molecule has 0 unspecified atom stereocenters. The predicted molar refractivity (Wildman–Crippen MR) is 107 cm³/mol. The van der Waals surface area contributed by atoms with Crippen LogP contribution in [-0.2, 0) is 22.2 Å². The number of ketones is 1. The van der Waals surface area contributed by atoms with Crippen LogP contribution in [0.4, 0.5) is 13.2 Å². The molecule has 0 saturated heterocycles. The van der Waals surface area contributed by atoms with E-state index in [-0.39, 0.29) is 18.8 Å². The maximum absolute atomic E-state index is 13.8. The number of rotatable bonds is 7. The van der Waals surface area contributed by atoms with Crippen molar-refractivity contribution < 1.29 is 37.0 Å². The van der Waals surface area contributed by atoms with E-state index in [4.69, 9.17) is 4.74 Å². The zero-order valence-electron chi connectivity index (χ0n) is 17.2. The highest BCUT2D eigenvalue weighted by Gasteiger charge is 2.45. The predicted octanol–water partition coefficient (Wildman–Crippen LogP) is 4.29. The molecule has 3 aromatic rings. The molecular formula is C22H19F3N2O5. The van der Waals surface area contributed by atoms with Crippen LogP contribution in [0.1, 0.15) is 50.7 Å². The molecule has 0 aliphatic heterocycles. The van der Waals surface area contributed by atoms with Gasteiger partial charge in [0.2, 0.25) is 0 Å². The second-order valence-electron chi connectivity index (χ2n) is 6.65. The van der Waals surface area contributed by atoms with Gasteiger partial charge in [-0.1, -0.05) is 36.4 Å². The Labute approximate surface area is 180 Å². The highest BCUT2D eigenvalue weighted by molar-refractivity contribution is 6.01. The number of Topliss-reactive ketones (excluding diaryl/α,β-unsaturated/α-hetero) is 1. The van der Waals surface area contributed by atoms with Gasteiger partial charge in [-0.15, -0.1) is 0 Å². The number of hydrogen-bond donors (Lipinski definition) is 0. The fourth-order valence-electron chi connectivity index (χ4n) is 3.18. The van der Waals surface area contributed by atoms with Crippen LogP contribution in [0.2, 0.25) is 0 Å². The number of carbonyl (C=O) groups excluding carboxylic acids is 3. The number of carbonyl (C=O) groups is 3. The molecular weight excluding hydrogens is 429 g/mol. The summed E-state index contributed by atoms with van der Waals surface area (Å²) in [6, 6.07) is 12.0. The quantitative estimate of drug-likeness (QED) is 0.396. The summed E-state index contributed by atoms with van der Waals surface area (Å²) in [5.41, 5.74) is -3.52. The first-order valence-electron chi connectivity index (χ1n) is 9.71. The van der Waals surface area contributed by atoms with Gasteiger partial charge in [-0.2, -0.15) is 18.3 Å². The summed E-state index contributed by atoms with van der Waals surface area (Å²) in [5.74, 6) is -3.32. The monoisotopic (exact) mass is 448 g/mol. The van der Waals surface area contributed by atoms with Gasteiger partial charge in [0.25, 0.3) is 0 Å². The van der Waals surface area contributed by atoms with E-state index >= 15 is 0 Å². The van der Waals surface area contributed by atoms with Crippen molar-refractivity contribution in [3.05, 3.63) is 65.0 Å². The summed E-state index contributed by atoms with van der Waals surface area (Å²) >= 11 is 0. The number of alkyl halides is 3. The van der Waals surface area contributed by atoms with Gasteiger partial charge < -0.3 is 9.47 Å². The topological polar surface area (TPSA) is 87.5 Å². The van der Waals surface area contributed by atoms with Gasteiger partial charge in [-0.05, 0) is 30.7 Å². The normalized spacial score (nSPS) is 11.4. The summed E-state index contributed by atoms with van der Waals surface area (Å²) < 4.78 is 51.4. The largest absolute Gasteiger partial charge is 0.461 e. The highest BCUT2D eigenvalue weighted by Crippen LogP contribution is 2.35. The lowest BCUT2D eigenvalue weighted by atomic mass is 10.0. The summed E-state index contributed by atoms with van der Waals surface area (Å²) in [5, 5.41) is 5.26. The second kappa shape index (κ2) is 9.21. The minimum atomic E-state index is -5.12. The van der Waals surface area contributed by atoms with Gasteiger partial charge in [0, 0.05) is 5.56 Å². The summed E-state index contributed by atoms with van der Waals surface area (Å²) in [4.78, 5) is 37.3. The molecule has 0 aliphatic rings. The molecule has 1 heterocycles. The molecule has 0 fully saturated rings. The molecule has 0 N–H and O–H groups in total. The number of halogens is 3. The Morgan fingerprint density at radius 2 is 1.56 bits per heavy atom. The van der Waals surface area contributed by atoms with Gasteiger partial charge in [-0.3, -0.25) is 4.79 Å². The molecule has 0 aliphatic carbocycles. The molecule has 0 bridgehead atoms. The van der Waals surface area contributed by atoms with Crippen molar-refractivity contribution in [2.75, 3.05) is 13.2 Å². The summed E-state index contributed by atoms with van der Waals surface area (Å²) in [6.45, 7) is 1.70. The van der Waals surface area contributed by atoms with E-state index < -0.39 is 47.4 Å². The van der Waals surface area contributed by atoms with Gasteiger partial charge >= 0.3 is 18.1 Å². The molecule has 168 valence electrons. The molecule has 0 spiro atoms. The lowest BCUT2D eigenvalue weighted by Crippen LogP contribution is -2.22. The molecule has 10 heteroatoms. The Bertz CT molecular complexity index is 1180. The Hall–Kier alpha value is -3.69. The Morgan fingerprint density at radius 3 is 2.19 bits per heavy atom. The van der Waals surface area contributed by atoms with Crippen molar-refractivity contribution in [2.45, 2.75) is 26.6 Å². The average molecular weight is 448 g/mol. The van der Waals surface area contributed by atoms with Crippen molar-refractivity contribution in [2.24, 2.45) is 0 Å². The maximum Gasteiger partial charge on any atom is 0.421 e. The molecule has 0 atom stereocenters. The number of fused-ring (bicyclic) bond motifs is 1. The number of ether oxygens (including phenoxy) is 2. The van der Waals surface area contributed by atoms with Crippen molar-refractivity contribution in [3.63, 3.8) is 0 Å². The highest BCUT2D eigenvalue weighted by atomic mass is 19.4. The third kappa shape index (κ3) is 4.63. The van der Waals surface area contributed by atoms with E-state index in [1.807, 2.05) is 12.1 Å². The zero-order chi connectivity index (χ0) is 23.5. The van der Waals surface area contributed by atoms with Crippen LogP contribution in [0, 0.1) is 0 Å². The number of esters is 2. The molecule has 2 aromatic carbocycles. The minimum Gasteiger partial charge on any atom is -0.461 e. The van der Waals surface area contributed by atoms with Crippen LogP contribution in [0.15, 0.2) is 42.5 Å². The van der Waals surface area contributed by atoms with Crippen molar-refractivity contribution in [3.8, 4) is 0 Å².